The van der Waals surface area contributed by atoms with Gasteiger partial charge in [-0.3, -0.25) is 14.6 Å². The molecule has 0 unspecified atom stereocenters. The SMILES string of the molecule is O=C(NCc1cccnc1)C1CCN(C(=O)c2ccc(Cl)cc2F)CC1. The Labute approximate surface area is 156 Å². The van der Waals surface area contributed by atoms with E-state index in [-0.39, 0.29) is 28.3 Å². The molecule has 1 fully saturated rings. The maximum absolute atomic E-state index is 13.9. The van der Waals surface area contributed by atoms with Crippen LogP contribution in [0.25, 0.3) is 0 Å². The Hall–Kier alpha value is -2.47. The number of amides is 2. The van der Waals surface area contributed by atoms with Crippen molar-refractivity contribution in [3.63, 3.8) is 0 Å². The molecule has 1 aliphatic heterocycles. The number of hydrogen-bond donors (Lipinski definition) is 1. The van der Waals surface area contributed by atoms with E-state index in [0.29, 0.717) is 32.5 Å². The van der Waals surface area contributed by atoms with Crippen LogP contribution >= 0.6 is 11.6 Å². The van der Waals surface area contributed by atoms with Crippen LogP contribution in [0, 0.1) is 11.7 Å². The second-order valence-electron chi connectivity index (χ2n) is 6.27. The maximum Gasteiger partial charge on any atom is 0.256 e. The van der Waals surface area contributed by atoms with E-state index < -0.39 is 5.82 Å². The number of rotatable bonds is 4. The predicted molar refractivity (Wildman–Crippen MR) is 96.1 cm³/mol. The highest BCUT2D eigenvalue weighted by Gasteiger charge is 2.28. The average molecular weight is 376 g/mol. The molecule has 3 rings (SSSR count). The van der Waals surface area contributed by atoms with E-state index in [1.165, 1.54) is 12.1 Å². The fourth-order valence-corrected chi connectivity index (χ4v) is 3.17. The second-order valence-corrected chi connectivity index (χ2v) is 6.71. The average Bonchev–Trinajstić information content (AvgIpc) is 2.66. The van der Waals surface area contributed by atoms with Gasteiger partial charge < -0.3 is 10.2 Å². The molecule has 2 heterocycles. The third kappa shape index (κ3) is 4.38. The van der Waals surface area contributed by atoms with E-state index >= 15 is 0 Å². The molecule has 2 aromatic rings. The summed E-state index contributed by atoms with van der Waals surface area (Å²) in [4.78, 5) is 30.3. The largest absolute Gasteiger partial charge is 0.352 e. The highest BCUT2D eigenvalue weighted by Crippen LogP contribution is 2.22. The first-order valence-electron chi connectivity index (χ1n) is 8.45. The first-order valence-corrected chi connectivity index (χ1v) is 8.83. The fraction of sp³-hybridized carbons (Fsp3) is 0.316. The minimum Gasteiger partial charge on any atom is -0.352 e. The van der Waals surface area contributed by atoms with Crippen molar-refractivity contribution >= 4 is 23.4 Å². The number of aromatic nitrogens is 1. The van der Waals surface area contributed by atoms with Crippen LogP contribution in [0.4, 0.5) is 4.39 Å². The monoisotopic (exact) mass is 375 g/mol. The standard InChI is InChI=1S/C19H19ClFN3O2/c20-15-3-4-16(17(21)10-15)19(26)24-8-5-14(6-9-24)18(25)23-12-13-2-1-7-22-11-13/h1-4,7,10-11,14H,5-6,8-9,12H2,(H,23,25). The van der Waals surface area contributed by atoms with E-state index in [2.05, 4.69) is 10.3 Å². The molecule has 1 aromatic heterocycles. The van der Waals surface area contributed by atoms with Crippen LogP contribution in [0.2, 0.25) is 5.02 Å². The lowest BCUT2D eigenvalue weighted by atomic mass is 9.95. The van der Waals surface area contributed by atoms with Gasteiger partial charge in [-0.1, -0.05) is 17.7 Å². The molecule has 7 heteroatoms. The first-order chi connectivity index (χ1) is 12.5. The van der Waals surface area contributed by atoms with Crippen molar-refractivity contribution in [3.05, 3.63) is 64.7 Å². The molecule has 5 nitrogen and oxygen atoms in total. The molecular weight excluding hydrogens is 357 g/mol. The van der Waals surface area contributed by atoms with Crippen LogP contribution in [0.1, 0.15) is 28.8 Å². The molecule has 0 aliphatic carbocycles. The zero-order chi connectivity index (χ0) is 18.5. The van der Waals surface area contributed by atoms with Crippen LogP contribution in [-0.4, -0.2) is 34.8 Å². The van der Waals surface area contributed by atoms with Gasteiger partial charge in [0.2, 0.25) is 5.91 Å². The van der Waals surface area contributed by atoms with Crippen molar-refractivity contribution < 1.29 is 14.0 Å². The quantitative estimate of drug-likeness (QED) is 0.893. The number of carbonyl (C=O) groups excluding carboxylic acids is 2. The number of hydrogen-bond acceptors (Lipinski definition) is 3. The summed E-state index contributed by atoms with van der Waals surface area (Å²) in [5.74, 6) is -1.17. The van der Waals surface area contributed by atoms with Gasteiger partial charge in [0.1, 0.15) is 5.82 Å². The number of halogens is 2. The van der Waals surface area contributed by atoms with Crippen molar-refractivity contribution in [2.24, 2.45) is 5.92 Å². The van der Waals surface area contributed by atoms with Crippen molar-refractivity contribution in [2.45, 2.75) is 19.4 Å². The summed E-state index contributed by atoms with van der Waals surface area (Å²) in [5, 5.41) is 3.16. The Morgan fingerprint density at radius 3 is 2.69 bits per heavy atom. The van der Waals surface area contributed by atoms with Gasteiger partial charge >= 0.3 is 0 Å². The van der Waals surface area contributed by atoms with Gasteiger partial charge in [-0.25, -0.2) is 4.39 Å². The number of piperidine rings is 1. The molecule has 0 radical (unpaired) electrons. The number of nitrogens with zero attached hydrogens (tertiary/aromatic N) is 2. The molecule has 0 spiro atoms. The molecule has 2 amide bonds. The highest BCUT2D eigenvalue weighted by atomic mass is 35.5. The van der Waals surface area contributed by atoms with E-state index in [1.54, 1.807) is 17.3 Å². The zero-order valence-corrected chi connectivity index (χ0v) is 14.9. The molecular formula is C19H19ClFN3O2. The van der Waals surface area contributed by atoms with Crippen molar-refractivity contribution in [3.8, 4) is 0 Å². The minimum absolute atomic E-state index is 0.00822. The van der Waals surface area contributed by atoms with Crippen LogP contribution in [0.3, 0.4) is 0 Å². The van der Waals surface area contributed by atoms with Crippen LogP contribution in [0.15, 0.2) is 42.7 Å². The lowest BCUT2D eigenvalue weighted by Gasteiger charge is -2.31. The fourth-order valence-electron chi connectivity index (χ4n) is 3.01. The number of nitrogens with one attached hydrogen (secondary N) is 1. The number of likely N-dealkylation sites (tertiary alicyclic amines) is 1. The lowest BCUT2D eigenvalue weighted by Crippen LogP contribution is -2.43. The Bertz CT molecular complexity index is 793. The Morgan fingerprint density at radius 1 is 1.27 bits per heavy atom. The van der Waals surface area contributed by atoms with E-state index in [0.717, 1.165) is 11.6 Å². The highest BCUT2D eigenvalue weighted by molar-refractivity contribution is 6.30. The predicted octanol–water partition coefficient (Wildman–Crippen LogP) is 3.04. The summed E-state index contributed by atoms with van der Waals surface area (Å²) >= 11 is 5.72. The normalized spacial score (nSPS) is 14.9. The zero-order valence-electron chi connectivity index (χ0n) is 14.1. The Balaban J connectivity index is 1.52. The van der Waals surface area contributed by atoms with Gasteiger partial charge in [-0.2, -0.15) is 0 Å². The summed E-state index contributed by atoms with van der Waals surface area (Å²) in [6.07, 6.45) is 4.50. The molecule has 0 saturated carbocycles. The summed E-state index contributed by atoms with van der Waals surface area (Å²) in [7, 11) is 0. The molecule has 26 heavy (non-hydrogen) atoms. The molecule has 136 valence electrons. The van der Waals surface area contributed by atoms with Crippen molar-refractivity contribution in [1.29, 1.82) is 0 Å². The van der Waals surface area contributed by atoms with Crippen molar-refractivity contribution in [2.75, 3.05) is 13.1 Å². The van der Waals surface area contributed by atoms with Gasteiger partial charge in [-0.15, -0.1) is 0 Å². The number of pyridine rings is 1. The van der Waals surface area contributed by atoms with E-state index in [4.69, 9.17) is 11.6 Å². The van der Waals surface area contributed by atoms with E-state index in [1.807, 2.05) is 12.1 Å². The summed E-state index contributed by atoms with van der Waals surface area (Å²) < 4.78 is 13.9. The van der Waals surface area contributed by atoms with Gasteiger partial charge in [0.15, 0.2) is 0 Å². The number of benzene rings is 1. The third-order valence-corrected chi connectivity index (χ3v) is 4.74. The van der Waals surface area contributed by atoms with Gasteiger partial charge in [0.25, 0.3) is 5.91 Å². The smallest absolute Gasteiger partial charge is 0.256 e. The molecule has 0 atom stereocenters. The Kier molecular flexibility index (Phi) is 5.83. The third-order valence-electron chi connectivity index (χ3n) is 4.50. The van der Waals surface area contributed by atoms with Crippen LogP contribution in [0.5, 0.6) is 0 Å². The van der Waals surface area contributed by atoms with Crippen LogP contribution in [-0.2, 0) is 11.3 Å². The van der Waals surface area contributed by atoms with Gasteiger partial charge in [-0.05, 0) is 42.7 Å². The molecule has 1 aromatic carbocycles. The summed E-state index contributed by atoms with van der Waals surface area (Å²) in [5.41, 5.74) is 0.945. The summed E-state index contributed by atoms with van der Waals surface area (Å²) in [6.45, 7) is 1.28. The number of carbonyl (C=O) groups is 2. The van der Waals surface area contributed by atoms with Crippen molar-refractivity contribution in [1.82, 2.24) is 15.2 Å². The maximum atomic E-state index is 13.9. The summed E-state index contributed by atoms with van der Waals surface area (Å²) in [6, 6.07) is 7.74. The minimum atomic E-state index is -0.626. The van der Waals surface area contributed by atoms with Gasteiger partial charge in [0.05, 0.1) is 5.56 Å². The second kappa shape index (κ2) is 8.27. The lowest BCUT2D eigenvalue weighted by molar-refractivity contribution is -0.126. The van der Waals surface area contributed by atoms with Crippen LogP contribution < -0.4 is 5.32 Å². The molecule has 0 bridgehead atoms. The molecule has 1 N–H and O–H groups in total. The van der Waals surface area contributed by atoms with Gasteiger partial charge in [0, 0.05) is 43.0 Å². The molecule has 1 saturated heterocycles. The van der Waals surface area contributed by atoms with E-state index in [9.17, 15) is 14.0 Å². The molecule has 1 aliphatic rings. The Morgan fingerprint density at radius 2 is 2.04 bits per heavy atom. The topological polar surface area (TPSA) is 62.3 Å². The first kappa shape index (κ1) is 18.3.